The Morgan fingerprint density at radius 2 is 2.00 bits per heavy atom. The van der Waals surface area contributed by atoms with Crippen molar-refractivity contribution in [1.82, 2.24) is 4.90 Å². The maximum Gasteiger partial charge on any atom is 0.0249 e. The first-order valence-electron chi connectivity index (χ1n) is 6.20. The minimum absolute atomic E-state index is 0.688. The number of nitrogens with zero attached hydrogens (tertiary/aromatic N) is 1. The van der Waals surface area contributed by atoms with Crippen LogP contribution in [-0.4, -0.2) is 30.1 Å². The second-order valence-corrected chi connectivity index (χ2v) is 5.24. The summed E-state index contributed by atoms with van der Waals surface area (Å²) in [4.78, 5) is 2.69. The van der Waals surface area contributed by atoms with Gasteiger partial charge in [0.05, 0.1) is 0 Å². The molecule has 1 saturated carbocycles. The van der Waals surface area contributed by atoms with E-state index in [2.05, 4.69) is 18.7 Å². The van der Waals surface area contributed by atoms with E-state index in [1.54, 1.807) is 0 Å². The Morgan fingerprint density at radius 3 is 2.57 bits per heavy atom. The predicted molar refractivity (Wildman–Crippen MR) is 60.1 cm³/mol. The first kappa shape index (κ1) is 10.4. The zero-order valence-corrected chi connectivity index (χ0v) is 9.58. The molecular weight excluding hydrogens is 172 g/mol. The highest BCUT2D eigenvalue weighted by atomic mass is 15.2. The predicted octanol–water partition coefficient (Wildman–Crippen LogP) is 1.84. The average Bonchev–Trinajstić information content (AvgIpc) is 2.97. The highest BCUT2D eigenvalue weighted by molar-refractivity contribution is 4.93. The summed E-state index contributed by atoms with van der Waals surface area (Å²) in [6, 6.07) is 1.44. The summed E-state index contributed by atoms with van der Waals surface area (Å²) < 4.78 is 0. The lowest BCUT2D eigenvalue weighted by molar-refractivity contribution is 0.0616. The SMILES string of the molecule is CC1CCCN(C(CN)C2CC2)C1C. The Balaban J connectivity index is 1.99. The van der Waals surface area contributed by atoms with Crippen molar-refractivity contribution in [2.45, 2.75) is 51.6 Å². The van der Waals surface area contributed by atoms with Crippen molar-refractivity contribution in [3.8, 4) is 0 Å². The maximum absolute atomic E-state index is 5.91. The highest BCUT2D eigenvalue weighted by Crippen LogP contribution is 2.38. The lowest BCUT2D eigenvalue weighted by Gasteiger charge is -2.42. The van der Waals surface area contributed by atoms with E-state index < -0.39 is 0 Å². The Hall–Kier alpha value is -0.0800. The lowest BCUT2D eigenvalue weighted by atomic mass is 9.90. The Kier molecular flexibility index (Phi) is 3.13. The van der Waals surface area contributed by atoms with Crippen LogP contribution in [0.25, 0.3) is 0 Å². The molecule has 1 aliphatic carbocycles. The van der Waals surface area contributed by atoms with E-state index in [9.17, 15) is 0 Å². The summed E-state index contributed by atoms with van der Waals surface area (Å²) in [6.45, 7) is 6.91. The van der Waals surface area contributed by atoms with Gasteiger partial charge in [0.25, 0.3) is 0 Å². The van der Waals surface area contributed by atoms with E-state index in [-0.39, 0.29) is 0 Å². The monoisotopic (exact) mass is 196 g/mol. The number of nitrogens with two attached hydrogens (primary N) is 1. The van der Waals surface area contributed by atoms with Gasteiger partial charge in [-0.15, -0.1) is 0 Å². The van der Waals surface area contributed by atoms with E-state index in [0.29, 0.717) is 6.04 Å². The summed E-state index contributed by atoms with van der Waals surface area (Å²) in [5, 5.41) is 0. The van der Waals surface area contributed by atoms with E-state index in [1.807, 2.05) is 0 Å². The van der Waals surface area contributed by atoms with Gasteiger partial charge in [0, 0.05) is 18.6 Å². The minimum atomic E-state index is 0.688. The molecular formula is C12H24N2. The van der Waals surface area contributed by atoms with Crippen molar-refractivity contribution in [3.05, 3.63) is 0 Å². The number of likely N-dealkylation sites (tertiary alicyclic amines) is 1. The molecule has 0 spiro atoms. The van der Waals surface area contributed by atoms with Crippen molar-refractivity contribution < 1.29 is 0 Å². The fourth-order valence-corrected chi connectivity index (χ4v) is 2.92. The summed E-state index contributed by atoms with van der Waals surface area (Å²) in [6.07, 6.45) is 5.60. The molecule has 2 nitrogen and oxygen atoms in total. The van der Waals surface area contributed by atoms with Crippen molar-refractivity contribution in [1.29, 1.82) is 0 Å². The zero-order chi connectivity index (χ0) is 10.1. The summed E-state index contributed by atoms with van der Waals surface area (Å²) in [5.74, 6) is 1.78. The number of hydrogen-bond donors (Lipinski definition) is 1. The van der Waals surface area contributed by atoms with Gasteiger partial charge in [-0.2, -0.15) is 0 Å². The van der Waals surface area contributed by atoms with Crippen molar-refractivity contribution in [2.24, 2.45) is 17.6 Å². The Bertz CT molecular complexity index is 189. The molecule has 2 N–H and O–H groups in total. The molecule has 1 aliphatic heterocycles. The zero-order valence-electron chi connectivity index (χ0n) is 9.58. The van der Waals surface area contributed by atoms with Crippen LogP contribution in [0.4, 0.5) is 0 Å². The van der Waals surface area contributed by atoms with Gasteiger partial charge in [-0.1, -0.05) is 6.92 Å². The van der Waals surface area contributed by atoms with Crippen molar-refractivity contribution in [3.63, 3.8) is 0 Å². The fourth-order valence-electron chi connectivity index (χ4n) is 2.92. The summed E-state index contributed by atoms with van der Waals surface area (Å²) in [7, 11) is 0. The highest BCUT2D eigenvalue weighted by Gasteiger charge is 2.38. The van der Waals surface area contributed by atoms with Crippen LogP contribution in [-0.2, 0) is 0 Å². The van der Waals surface area contributed by atoms with Crippen molar-refractivity contribution >= 4 is 0 Å². The van der Waals surface area contributed by atoms with Gasteiger partial charge in [-0.25, -0.2) is 0 Å². The van der Waals surface area contributed by atoms with Crippen LogP contribution in [0.1, 0.15) is 39.5 Å². The fraction of sp³-hybridized carbons (Fsp3) is 1.00. The van der Waals surface area contributed by atoms with Gasteiger partial charge in [0.15, 0.2) is 0 Å². The molecule has 0 aromatic rings. The molecule has 2 heteroatoms. The minimum Gasteiger partial charge on any atom is -0.329 e. The smallest absolute Gasteiger partial charge is 0.0249 e. The van der Waals surface area contributed by atoms with Crippen molar-refractivity contribution in [2.75, 3.05) is 13.1 Å². The molecule has 3 atom stereocenters. The molecule has 0 aromatic carbocycles. The number of hydrogen-bond acceptors (Lipinski definition) is 2. The molecule has 14 heavy (non-hydrogen) atoms. The standard InChI is InChI=1S/C12H24N2/c1-9-4-3-7-14(10(9)2)12(8-13)11-5-6-11/h9-12H,3-8,13H2,1-2H3. The molecule has 2 aliphatic rings. The molecule has 2 rings (SSSR count). The molecule has 0 radical (unpaired) electrons. The second kappa shape index (κ2) is 4.19. The third-order valence-electron chi connectivity index (χ3n) is 4.26. The number of rotatable bonds is 3. The quantitative estimate of drug-likeness (QED) is 0.746. The second-order valence-electron chi connectivity index (χ2n) is 5.24. The Labute approximate surface area is 87.8 Å². The van der Waals surface area contributed by atoms with Crippen LogP contribution < -0.4 is 5.73 Å². The molecule has 2 fully saturated rings. The topological polar surface area (TPSA) is 29.3 Å². The van der Waals surface area contributed by atoms with E-state index in [1.165, 1.54) is 32.2 Å². The third-order valence-corrected chi connectivity index (χ3v) is 4.26. The number of piperidine rings is 1. The van der Waals surface area contributed by atoms with Gasteiger partial charge in [-0.3, -0.25) is 4.90 Å². The van der Waals surface area contributed by atoms with Crippen LogP contribution >= 0.6 is 0 Å². The van der Waals surface area contributed by atoms with Crippen LogP contribution in [0.5, 0.6) is 0 Å². The molecule has 3 unspecified atom stereocenters. The molecule has 0 amide bonds. The molecule has 0 bridgehead atoms. The van der Waals surface area contributed by atoms with E-state index in [4.69, 9.17) is 5.73 Å². The maximum atomic E-state index is 5.91. The molecule has 0 aromatic heterocycles. The first-order chi connectivity index (χ1) is 6.74. The van der Waals surface area contributed by atoms with Crippen LogP contribution in [0, 0.1) is 11.8 Å². The molecule has 82 valence electrons. The summed E-state index contributed by atoms with van der Waals surface area (Å²) >= 11 is 0. The van der Waals surface area contributed by atoms with Gasteiger partial charge < -0.3 is 5.73 Å². The van der Waals surface area contributed by atoms with E-state index in [0.717, 1.165) is 24.4 Å². The normalized spacial score (nSPS) is 37.1. The lowest BCUT2D eigenvalue weighted by Crippen LogP contribution is -2.52. The Morgan fingerprint density at radius 1 is 1.29 bits per heavy atom. The van der Waals surface area contributed by atoms with E-state index >= 15 is 0 Å². The largest absolute Gasteiger partial charge is 0.329 e. The summed E-state index contributed by atoms with van der Waals surface area (Å²) in [5.41, 5.74) is 5.91. The van der Waals surface area contributed by atoms with Crippen LogP contribution in [0.2, 0.25) is 0 Å². The van der Waals surface area contributed by atoms with Gasteiger partial charge in [0.1, 0.15) is 0 Å². The average molecular weight is 196 g/mol. The van der Waals surface area contributed by atoms with Gasteiger partial charge >= 0.3 is 0 Å². The first-order valence-corrected chi connectivity index (χ1v) is 6.20. The van der Waals surface area contributed by atoms with Crippen LogP contribution in [0.3, 0.4) is 0 Å². The van der Waals surface area contributed by atoms with Gasteiger partial charge in [0.2, 0.25) is 0 Å². The van der Waals surface area contributed by atoms with Gasteiger partial charge in [-0.05, 0) is 51.0 Å². The van der Waals surface area contributed by atoms with Crippen LogP contribution in [0.15, 0.2) is 0 Å². The third kappa shape index (κ3) is 1.96. The molecule has 1 saturated heterocycles. The molecule has 1 heterocycles.